The first kappa shape index (κ1) is 15.1. The second-order valence-electron chi connectivity index (χ2n) is 4.98. The molecule has 1 aromatic rings. The highest BCUT2D eigenvalue weighted by Gasteiger charge is 2.16. The fourth-order valence-corrected chi connectivity index (χ4v) is 2.17. The minimum absolute atomic E-state index is 0.287. The lowest BCUT2D eigenvalue weighted by Crippen LogP contribution is -2.45. The summed E-state index contributed by atoms with van der Waals surface area (Å²) in [6.45, 7) is 5.18. The van der Waals surface area contributed by atoms with Crippen molar-refractivity contribution in [3.05, 3.63) is 24.3 Å². The van der Waals surface area contributed by atoms with E-state index in [9.17, 15) is 0 Å². The molecule has 0 radical (unpaired) electrons. The van der Waals surface area contributed by atoms with Crippen LogP contribution in [0.15, 0.2) is 24.3 Å². The van der Waals surface area contributed by atoms with Crippen LogP contribution in [0.25, 0.3) is 0 Å². The summed E-state index contributed by atoms with van der Waals surface area (Å²) < 4.78 is 16.4. The van der Waals surface area contributed by atoms with Crippen molar-refractivity contribution in [3.63, 3.8) is 0 Å². The van der Waals surface area contributed by atoms with Crippen LogP contribution in [0.4, 0.5) is 0 Å². The number of methoxy groups -OCH3 is 1. The average molecular weight is 280 g/mol. The molecule has 0 aromatic heterocycles. The van der Waals surface area contributed by atoms with E-state index < -0.39 is 0 Å². The number of benzene rings is 1. The average Bonchev–Trinajstić information content (AvgIpc) is 2.48. The van der Waals surface area contributed by atoms with Crippen LogP contribution in [0.5, 0.6) is 11.5 Å². The molecule has 0 amide bonds. The number of morpholine rings is 1. The van der Waals surface area contributed by atoms with Gasteiger partial charge in [0.2, 0.25) is 0 Å². The highest BCUT2D eigenvalue weighted by molar-refractivity contribution is 5.31. The van der Waals surface area contributed by atoms with Crippen LogP contribution in [0, 0.1) is 0 Å². The molecule has 1 aliphatic heterocycles. The lowest BCUT2D eigenvalue weighted by atomic mass is 10.3. The Bertz CT molecular complexity index is 383. The number of nitrogens with zero attached hydrogens (tertiary/aromatic N) is 1. The van der Waals surface area contributed by atoms with E-state index in [4.69, 9.17) is 14.2 Å². The molecule has 0 saturated carbocycles. The van der Waals surface area contributed by atoms with E-state index in [0.29, 0.717) is 6.61 Å². The topological polar surface area (TPSA) is 43.0 Å². The number of likely N-dealkylation sites (N-methyl/N-ethyl adjacent to an activating group) is 1. The molecule has 1 aliphatic rings. The van der Waals surface area contributed by atoms with Gasteiger partial charge in [-0.1, -0.05) is 0 Å². The van der Waals surface area contributed by atoms with Crippen LogP contribution in [0.1, 0.15) is 0 Å². The van der Waals surface area contributed by atoms with Crippen molar-refractivity contribution in [2.45, 2.75) is 6.10 Å². The zero-order chi connectivity index (χ0) is 14.2. The van der Waals surface area contributed by atoms with Crippen molar-refractivity contribution >= 4 is 0 Å². The highest BCUT2D eigenvalue weighted by Crippen LogP contribution is 2.16. The van der Waals surface area contributed by atoms with Gasteiger partial charge in [-0.2, -0.15) is 0 Å². The quantitative estimate of drug-likeness (QED) is 0.755. The maximum atomic E-state index is 5.68. The molecule has 1 unspecified atom stereocenters. The zero-order valence-electron chi connectivity index (χ0n) is 12.3. The molecule has 1 fully saturated rings. The van der Waals surface area contributed by atoms with Gasteiger partial charge in [0.05, 0.1) is 19.8 Å². The predicted molar refractivity (Wildman–Crippen MR) is 78.6 cm³/mol. The number of rotatable bonds is 7. The maximum Gasteiger partial charge on any atom is 0.119 e. The smallest absolute Gasteiger partial charge is 0.119 e. The summed E-state index contributed by atoms with van der Waals surface area (Å²) >= 11 is 0. The lowest BCUT2D eigenvalue weighted by Gasteiger charge is -2.30. The first-order valence-corrected chi connectivity index (χ1v) is 7.05. The Labute approximate surface area is 120 Å². The maximum absolute atomic E-state index is 5.68. The monoisotopic (exact) mass is 280 g/mol. The molecular weight excluding hydrogens is 256 g/mol. The Hall–Kier alpha value is -1.30. The predicted octanol–water partition coefficient (Wildman–Crippen LogP) is 0.994. The van der Waals surface area contributed by atoms with Crippen LogP contribution in [0.3, 0.4) is 0 Å². The minimum atomic E-state index is 0.287. The van der Waals surface area contributed by atoms with Crippen molar-refractivity contribution in [3.8, 4) is 11.5 Å². The summed E-state index contributed by atoms with van der Waals surface area (Å²) in [4.78, 5) is 2.30. The molecule has 2 rings (SSSR count). The third kappa shape index (κ3) is 5.00. The summed E-state index contributed by atoms with van der Waals surface area (Å²) in [5.74, 6) is 1.70. The van der Waals surface area contributed by atoms with Gasteiger partial charge >= 0.3 is 0 Å². The number of nitrogens with one attached hydrogen (secondary N) is 1. The largest absolute Gasteiger partial charge is 0.497 e. The Balaban J connectivity index is 1.56. The number of ether oxygens (including phenoxy) is 3. The van der Waals surface area contributed by atoms with Gasteiger partial charge in [-0.3, -0.25) is 0 Å². The van der Waals surface area contributed by atoms with Gasteiger partial charge in [-0.15, -0.1) is 0 Å². The summed E-state index contributed by atoms with van der Waals surface area (Å²) in [5, 5.41) is 3.37. The Morgan fingerprint density at radius 2 is 2.05 bits per heavy atom. The van der Waals surface area contributed by atoms with Gasteiger partial charge in [0.15, 0.2) is 0 Å². The second-order valence-corrected chi connectivity index (χ2v) is 4.98. The van der Waals surface area contributed by atoms with Gasteiger partial charge in [0, 0.05) is 26.2 Å². The van der Waals surface area contributed by atoms with E-state index in [-0.39, 0.29) is 6.10 Å². The van der Waals surface area contributed by atoms with Crippen molar-refractivity contribution in [2.75, 3.05) is 53.6 Å². The first-order valence-electron chi connectivity index (χ1n) is 7.05. The van der Waals surface area contributed by atoms with Crippen molar-refractivity contribution in [1.82, 2.24) is 10.2 Å². The molecule has 1 heterocycles. The molecule has 20 heavy (non-hydrogen) atoms. The standard InChI is InChI=1S/C15H24N2O3/c1-17-8-10-20-15(12-17)11-16-7-9-19-14-5-3-13(18-2)4-6-14/h3-6,15-16H,7-12H2,1-2H3. The SMILES string of the molecule is COc1ccc(OCCNCC2CN(C)CCO2)cc1. The van der Waals surface area contributed by atoms with Crippen LogP contribution in [-0.2, 0) is 4.74 Å². The molecule has 0 spiro atoms. The number of hydrogen-bond donors (Lipinski definition) is 1. The fourth-order valence-electron chi connectivity index (χ4n) is 2.17. The van der Waals surface area contributed by atoms with Crippen LogP contribution in [0.2, 0.25) is 0 Å². The molecule has 1 saturated heterocycles. The Morgan fingerprint density at radius 1 is 1.30 bits per heavy atom. The van der Waals surface area contributed by atoms with E-state index >= 15 is 0 Å². The first-order chi connectivity index (χ1) is 9.78. The second kappa shape index (κ2) is 8.09. The fraction of sp³-hybridized carbons (Fsp3) is 0.600. The molecule has 5 heteroatoms. The lowest BCUT2D eigenvalue weighted by molar-refractivity contribution is -0.0182. The number of hydrogen-bond acceptors (Lipinski definition) is 5. The third-order valence-corrected chi connectivity index (χ3v) is 3.32. The van der Waals surface area contributed by atoms with Crippen LogP contribution >= 0.6 is 0 Å². The van der Waals surface area contributed by atoms with Crippen molar-refractivity contribution < 1.29 is 14.2 Å². The van der Waals surface area contributed by atoms with Crippen molar-refractivity contribution in [2.24, 2.45) is 0 Å². The third-order valence-electron chi connectivity index (χ3n) is 3.32. The summed E-state index contributed by atoms with van der Waals surface area (Å²) in [6, 6.07) is 7.62. The van der Waals surface area contributed by atoms with E-state index in [2.05, 4.69) is 17.3 Å². The molecule has 0 bridgehead atoms. The van der Waals surface area contributed by atoms with Gasteiger partial charge in [0.1, 0.15) is 18.1 Å². The van der Waals surface area contributed by atoms with Gasteiger partial charge in [0.25, 0.3) is 0 Å². The van der Waals surface area contributed by atoms with Gasteiger partial charge in [-0.25, -0.2) is 0 Å². The molecule has 1 N–H and O–H groups in total. The molecule has 0 aliphatic carbocycles. The van der Waals surface area contributed by atoms with Crippen LogP contribution < -0.4 is 14.8 Å². The van der Waals surface area contributed by atoms with E-state index in [1.807, 2.05) is 24.3 Å². The Morgan fingerprint density at radius 3 is 2.75 bits per heavy atom. The normalized spacial score (nSPS) is 19.8. The zero-order valence-corrected chi connectivity index (χ0v) is 12.3. The van der Waals surface area contributed by atoms with Gasteiger partial charge in [-0.05, 0) is 31.3 Å². The summed E-state index contributed by atoms with van der Waals surface area (Å²) in [5.41, 5.74) is 0. The molecular formula is C15H24N2O3. The molecule has 112 valence electrons. The van der Waals surface area contributed by atoms with Gasteiger partial charge < -0.3 is 24.4 Å². The summed E-state index contributed by atoms with van der Waals surface area (Å²) in [6.07, 6.45) is 0.287. The van der Waals surface area contributed by atoms with E-state index in [0.717, 1.165) is 44.3 Å². The van der Waals surface area contributed by atoms with E-state index in [1.165, 1.54) is 0 Å². The summed E-state index contributed by atoms with van der Waals surface area (Å²) in [7, 11) is 3.78. The van der Waals surface area contributed by atoms with E-state index in [1.54, 1.807) is 7.11 Å². The van der Waals surface area contributed by atoms with Crippen molar-refractivity contribution in [1.29, 1.82) is 0 Å². The highest BCUT2D eigenvalue weighted by atomic mass is 16.5. The Kier molecular flexibility index (Phi) is 6.11. The van der Waals surface area contributed by atoms with Crippen LogP contribution in [-0.4, -0.2) is 64.6 Å². The minimum Gasteiger partial charge on any atom is -0.497 e. The molecule has 1 atom stereocenters. The molecule has 1 aromatic carbocycles. The molecule has 5 nitrogen and oxygen atoms in total.